The Hall–Kier alpha value is -2.77. The third kappa shape index (κ3) is 12.6. The van der Waals surface area contributed by atoms with E-state index in [4.69, 9.17) is 4.74 Å². The van der Waals surface area contributed by atoms with E-state index in [0.29, 0.717) is 24.1 Å². The van der Waals surface area contributed by atoms with E-state index >= 15 is 0 Å². The molecule has 0 aliphatic carbocycles. The van der Waals surface area contributed by atoms with Crippen molar-refractivity contribution in [2.45, 2.75) is 137 Å². The summed E-state index contributed by atoms with van der Waals surface area (Å²) in [5.74, 6) is -0.343. The zero-order valence-electron chi connectivity index (χ0n) is 26.4. The number of hydrogen-bond acceptors (Lipinski definition) is 5. The molecule has 0 aromatic heterocycles. The minimum absolute atomic E-state index is 0.0638. The van der Waals surface area contributed by atoms with Gasteiger partial charge in [-0.15, -0.1) is 0 Å². The standard InChI is InChI=1S/C32H55N3O5/c1-10-12-13-14-15-19-35(30(38)26(20-22(3)4)34-31(39)40-32(7,8)9)28(29(37)33-24(6)16-11-2)25-17-18-27(36)23(5)21-25/h17-18,21-22,24,26,28,36H,10-16,19-20H2,1-9H3,(H,33,37)(H,34,39). The Labute approximate surface area is 242 Å². The van der Waals surface area contributed by atoms with Crippen molar-refractivity contribution < 1.29 is 24.2 Å². The summed E-state index contributed by atoms with van der Waals surface area (Å²) in [6.45, 7) is 17.6. The number of benzene rings is 1. The third-order valence-corrected chi connectivity index (χ3v) is 6.69. The Balaban J connectivity index is 3.54. The number of carbonyl (C=O) groups excluding carboxylic acids is 3. The van der Waals surface area contributed by atoms with E-state index < -0.39 is 23.8 Å². The normalized spacial score (nSPS) is 13.8. The van der Waals surface area contributed by atoms with Crippen LogP contribution in [0.1, 0.15) is 124 Å². The van der Waals surface area contributed by atoms with Crippen molar-refractivity contribution in [3.8, 4) is 5.75 Å². The lowest BCUT2D eigenvalue weighted by atomic mass is 9.97. The van der Waals surface area contributed by atoms with Crippen molar-refractivity contribution >= 4 is 17.9 Å². The molecule has 0 aliphatic rings. The summed E-state index contributed by atoms with van der Waals surface area (Å²) in [5, 5.41) is 16.1. The molecule has 0 fully saturated rings. The van der Waals surface area contributed by atoms with Crippen molar-refractivity contribution in [1.82, 2.24) is 15.5 Å². The molecule has 3 N–H and O–H groups in total. The number of phenolic OH excluding ortho intramolecular Hbond substituents is 1. The minimum atomic E-state index is -0.910. The highest BCUT2D eigenvalue weighted by Crippen LogP contribution is 2.28. The van der Waals surface area contributed by atoms with Crippen molar-refractivity contribution in [2.75, 3.05) is 6.54 Å². The van der Waals surface area contributed by atoms with Gasteiger partial charge in [0.25, 0.3) is 0 Å². The molecule has 8 heteroatoms. The molecule has 0 saturated heterocycles. The first kappa shape index (κ1) is 35.3. The quantitative estimate of drug-likeness (QED) is 0.193. The number of ether oxygens (including phenoxy) is 1. The van der Waals surface area contributed by atoms with Crippen LogP contribution in [0, 0.1) is 12.8 Å². The summed E-state index contributed by atoms with van der Waals surface area (Å²) in [5.41, 5.74) is 0.535. The number of aryl methyl sites for hydroxylation is 1. The molecule has 40 heavy (non-hydrogen) atoms. The summed E-state index contributed by atoms with van der Waals surface area (Å²) in [6, 6.07) is 3.20. The Bertz CT molecular complexity index is 941. The Morgan fingerprint density at radius 2 is 1.62 bits per heavy atom. The number of unbranched alkanes of at least 4 members (excludes halogenated alkanes) is 4. The third-order valence-electron chi connectivity index (χ3n) is 6.69. The second kappa shape index (κ2) is 17.1. The fourth-order valence-corrected chi connectivity index (χ4v) is 4.74. The van der Waals surface area contributed by atoms with Gasteiger partial charge in [0.15, 0.2) is 0 Å². The topological polar surface area (TPSA) is 108 Å². The number of rotatable bonds is 16. The molecule has 0 spiro atoms. The van der Waals surface area contributed by atoms with Crippen LogP contribution in [0.4, 0.5) is 4.79 Å². The largest absolute Gasteiger partial charge is 0.508 e. The van der Waals surface area contributed by atoms with Gasteiger partial charge in [-0.05, 0) is 83.1 Å². The van der Waals surface area contributed by atoms with Gasteiger partial charge in [0.2, 0.25) is 11.8 Å². The van der Waals surface area contributed by atoms with Crippen LogP contribution < -0.4 is 10.6 Å². The lowest BCUT2D eigenvalue weighted by Gasteiger charge is -2.35. The summed E-state index contributed by atoms with van der Waals surface area (Å²) in [6.07, 6.45) is 6.40. The van der Waals surface area contributed by atoms with E-state index in [9.17, 15) is 19.5 Å². The van der Waals surface area contributed by atoms with E-state index in [1.54, 1.807) is 50.8 Å². The SMILES string of the molecule is CCCCCCCN(C(=O)C(CC(C)C)NC(=O)OC(C)(C)C)C(C(=O)NC(C)CCC)c1ccc(O)c(C)c1. The predicted molar refractivity (Wildman–Crippen MR) is 161 cm³/mol. The van der Waals surface area contributed by atoms with Gasteiger partial charge in [-0.3, -0.25) is 9.59 Å². The van der Waals surface area contributed by atoms with Crippen molar-refractivity contribution in [3.63, 3.8) is 0 Å². The average molecular weight is 562 g/mol. The zero-order chi connectivity index (χ0) is 30.5. The monoisotopic (exact) mass is 561 g/mol. The lowest BCUT2D eigenvalue weighted by Crippen LogP contribution is -2.54. The smallest absolute Gasteiger partial charge is 0.408 e. The molecule has 0 bridgehead atoms. The van der Waals surface area contributed by atoms with Crippen LogP contribution in [0.3, 0.4) is 0 Å². The number of amides is 3. The molecule has 0 saturated carbocycles. The molecular weight excluding hydrogens is 506 g/mol. The maximum Gasteiger partial charge on any atom is 0.408 e. The molecule has 3 atom stereocenters. The van der Waals surface area contributed by atoms with Crippen molar-refractivity contribution in [2.24, 2.45) is 5.92 Å². The van der Waals surface area contributed by atoms with E-state index in [1.165, 1.54) is 0 Å². The van der Waals surface area contributed by atoms with E-state index in [0.717, 1.165) is 44.9 Å². The van der Waals surface area contributed by atoms with Crippen LogP contribution in [-0.4, -0.2) is 52.1 Å². The molecule has 3 unspecified atom stereocenters. The first-order valence-corrected chi connectivity index (χ1v) is 15.1. The van der Waals surface area contributed by atoms with E-state index in [1.807, 2.05) is 20.8 Å². The fourth-order valence-electron chi connectivity index (χ4n) is 4.74. The summed E-state index contributed by atoms with van der Waals surface area (Å²) in [4.78, 5) is 42.6. The molecule has 8 nitrogen and oxygen atoms in total. The molecule has 3 amide bonds. The lowest BCUT2D eigenvalue weighted by molar-refractivity contribution is -0.143. The molecule has 1 aromatic carbocycles. The van der Waals surface area contributed by atoms with Gasteiger partial charge in [0.05, 0.1) is 0 Å². The number of alkyl carbamates (subject to hydrolysis) is 1. The second-order valence-electron chi connectivity index (χ2n) is 12.4. The Morgan fingerprint density at radius 1 is 0.975 bits per heavy atom. The van der Waals surface area contributed by atoms with Crippen molar-refractivity contribution in [3.05, 3.63) is 29.3 Å². The average Bonchev–Trinajstić information content (AvgIpc) is 2.83. The van der Waals surface area contributed by atoms with Gasteiger partial charge in [0.1, 0.15) is 23.4 Å². The van der Waals surface area contributed by atoms with Gasteiger partial charge in [0, 0.05) is 12.6 Å². The fraction of sp³-hybridized carbons (Fsp3) is 0.719. The molecule has 1 aromatic rings. The number of carbonyl (C=O) groups is 3. The summed E-state index contributed by atoms with van der Waals surface area (Å²) in [7, 11) is 0. The van der Waals surface area contributed by atoms with Gasteiger partial charge in [-0.2, -0.15) is 0 Å². The molecule has 0 radical (unpaired) electrons. The Morgan fingerprint density at radius 3 is 2.17 bits per heavy atom. The van der Waals surface area contributed by atoms with Gasteiger partial charge < -0.3 is 25.4 Å². The zero-order valence-corrected chi connectivity index (χ0v) is 26.4. The van der Waals surface area contributed by atoms with Crippen LogP contribution in [0.5, 0.6) is 5.75 Å². The number of hydrogen-bond donors (Lipinski definition) is 3. The number of nitrogens with zero attached hydrogens (tertiary/aromatic N) is 1. The molecule has 228 valence electrons. The first-order valence-electron chi connectivity index (χ1n) is 15.1. The van der Waals surface area contributed by atoms with Crippen LogP contribution in [-0.2, 0) is 14.3 Å². The van der Waals surface area contributed by atoms with Crippen LogP contribution in [0.2, 0.25) is 0 Å². The van der Waals surface area contributed by atoms with E-state index in [-0.39, 0.29) is 29.5 Å². The van der Waals surface area contributed by atoms with Gasteiger partial charge in [-0.25, -0.2) is 4.79 Å². The minimum Gasteiger partial charge on any atom is -0.508 e. The van der Waals surface area contributed by atoms with Gasteiger partial charge in [-0.1, -0.05) is 65.9 Å². The van der Waals surface area contributed by atoms with Crippen LogP contribution >= 0.6 is 0 Å². The summed E-state index contributed by atoms with van der Waals surface area (Å²) >= 11 is 0. The maximum absolute atomic E-state index is 14.3. The van der Waals surface area contributed by atoms with Gasteiger partial charge >= 0.3 is 6.09 Å². The number of aromatic hydroxyl groups is 1. The van der Waals surface area contributed by atoms with E-state index in [2.05, 4.69) is 24.5 Å². The Kier molecular flexibility index (Phi) is 15.1. The maximum atomic E-state index is 14.3. The van der Waals surface area contributed by atoms with Crippen LogP contribution in [0.25, 0.3) is 0 Å². The number of nitrogens with one attached hydrogen (secondary N) is 2. The second-order valence-corrected chi connectivity index (χ2v) is 12.4. The summed E-state index contributed by atoms with van der Waals surface area (Å²) < 4.78 is 5.48. The van der Waals surface area contributed by atoms with Crippen LogP contribution in [0.15, 0.2) is 18.2 Å². The predicted octanol–water partition coefficient (Wildman–Crippen LogP) is 6.78. The highest BCUT2D eigenvalue weighted by atomic mass is 16.6. The molecular formula is C32H55N3O5. The highest BCUT2D eigenvalue weighted by molar-refractivity contribution is 5.92. The highest BCUT2D eigenvalue weighted by Gasteiger charge is 2.37. The molecule has 0 heterocycles. The first-order chi connectivity index (χ1) is 18.7. The van der Waals surface area contributed by atoms with Crippen molar-refractivity contribution in [1.29, 1.82) is 0 Å². The molecule has 0 aliphatic heterocycles. The number of phenols is 1. The molecule has 1 rings (SSSR count).